The third-order valence-electron chi connectivity index (χ3n) is 5.20. The maximum absolute atomic E-state index is 10.9. The summed E-state index contributed by atoms with van der Waals surface area (Å²) in [7, 11) is 0. The number of nitrogens with zero attached hydrogens (tertiary/aromatic N) is 1. The van der Waals surface area contributed by atoms with Gasteiger partial charge in [0.15, 0.2) is 0 Å². The second-order valence-electron chi connectivity index (χ2n) is 8.23. The highest BCUT2D eigenvalue weighted by molar-refractivity contribution is 5.67. The van der Waals surface area contributed by atoms with Gasteiger partial charge in [-0.25, -0.2) is 0 Å². The molecule has 1 heterocycles. The second kappa shape index (κ2) is 7.57. The molecule has 0 unspecified atom stereocenters. The molecule has 2 N–H and O–H groups in total. The van der Waals surface area contributed by atoms with E-state index in [1.54, 1.807) is 0 Å². The average Bonchev–Trinajstić information content (AvgIpc) is 2.61. The van der Waals surface area contributed by atoms with Gasteiger partial charge in [0.1, 0.15) is 5.75 Å². The van der Waals surface area contributed by atoms with Gasteiger partial charge in [-0.1, -0.05) is 40.0 Å². The molecule has 1 aliphatic carbocycles. The minimum Gasteiger partial charge on any atom is -0.507 e. The smallest absolute Gasteiger partial charge is 0.123 e. The number of pyridine rings is 1. The number of rotatable bonds is 4. The van der Waals surface area contributed by atoms with Crippen molar-refractivity contribution in [2.24, 2.45) is 0 Å². The van der Waals surface area contributed by atoms with Gasteiger partial charge in [-0.15, -0.1) is 0 Å². The Kier molecular flexibility index (Phi) is 5.43. The number of aromatic nitrogens is 1. The van der Waals surface area contributed by atoms with E-state index in [4.69, 9.17) is 0 Å². The Morgan fingerprint density at radius 2 is 1.72 bits per heavy atom. The molecule has 1 aliphatic rings. The summed E-state index contributed by atoms with van der Waals surface area (Å²) in [4.78, 5) is 4.12. The van der Waals surface area contributed by atoms with Gasteiger partial charge in [0, 0.05) is 36.1 Å². The molecule has 134 valence electrons. The van der Waals surface area contributed by atoms with Crippen molar-refractivity contribution in [2.45, 2.75) is 70.9 Å². The summed E-state index contributed by atoms with van der Waals surface area (Å²) in [6, 6.07) is 8.87. The number of benzene rings is 1. The molecule has 0 amide bonds. The highest BCUT2D eigenvalue weighted by Gasteiger charge is 2.22. The van der Waals surface area contributed by atoms with Gasteiger partial charge in [0.2, 0.25) is 0 Å². The van der Waals surface area contributed by atoms with Crippen LogP contribution in [0, 0.1) is 0 Å². The standard InChI is InChI=1S/C22H30N2O/c1-22(2,3)20-14-17(16-9-11-23-12-10-16)13-18(21(20)25)15-24-19-7-5-4-6-8-19/h9-14,19,24-25H,4-8,15H2,1-3H3. The average molecular weight is 338 g/mol. The van der Waals surface area contributed by atoms with Crippen molar-refractivity contribution in [3.63, 3.8) is 0 Å². The van der Waals surface area contributed by atoms with E-state index in [1.807, 2.05) is 24.5 Å². The zero-order valence-corrected chi connectivity index (χ0v) is 15.7. The molecule has 0 bridgehead atoms. The van der Waals surface area contributed by atoms with E-state index in [-0.39, 0.29) is 5.41 Å². The monoisotopic (exact) mass is 338 g/mol. The lowest BCUT2D eigenvalue weighted by atomic mass is 9.83. The van der Waals surface area contributed by atoms with Crippen LogP contribution in [0.4, 0.5) is 0 Å². The van der Waals surface area contributed by atoms with Crippen molar-refractivity contribution in [2.75, 3.05) is 0 Å². The van der Waals surface area contributed by atoms with Crippen molar-refractivity contribution in [3.8, 4) is 16.9 Å². The van der Waals surface area contributed by atoms with Crippen LogP contribution < -0.4 is 5.32 Å². The molecule has 1 fully saturated rings. The molecular formula is C22H30N2O. The van der Waals surface area contributed by atoms with Crippen LogP contribution in [0.3, 0.4) is 0 Å². The van der Waals surface area contributed by atoms with Crippen LogP contribution in [-0.4, -0.2) is 16.1 Å². The lowest BCUT2D eigenvalue weighted by Crippen LogP contribution is -2.30. The van der Waals surface area contributed by atoms with E-state index in [2.05, 4.69) is 43.2 Å². The number of aromatic hydroxyl groups is 1. The van der Waals surface area contributed by atoms with E-state index < -0.39 is 0 Å². The molecule has 2 aromatic rings. The Hall–Kier alpha value is -1.87. The summed E-state index contributed by atoms with van der Waals surface area (Å²) < 4.78 is 0. The maximum atomic E-state index is 10.9. The fourth-order valence-electron chi connectivity index (χ4n) is 3.67. The summed E-state index contributed by atoms with van der Waals surface area (Å²) in [6.07, 6.45) is 10.1. The molecule has 0 spiro atoms. The molecule has 1 saturated carbocycles. The Bertz CT molecular complexity index is 698. The van der Waals surface area contributed by atoms with Crippen LogP contribution in [0.25, 0.3) is 11.1 Å². The fraction of sp³-hybridized carbons (Fsp3) is 0.500. The van der Waals surface area contributed by atoms with Crippen molar-refractivity contribution in [3.05, 3.63) is 47.8 Å². The summed E-state index contributed by atoms with van der Waals surface area (Å²) in [5.41, 5.74) is 4.17. The first-order valence-corrected chi connectivity index (χ1v) is 9.45. The molecule has 0 radical (unpaired) electrons. The molecule has 0 aliphatic heterocycles. The third kappa shape index (κ3) is 4.40. The van der Waals surface area contributed by atoms with Crippen LogP contribution in [0.15, 0.2) is 36.7 Å². The number of hydrogen-bond donors (Lipinski definition) is 2. The van der Waals surface area contributed by atoms with Crippen LogP contribution >= 0.6 is 0 Å². The molecule has 1 aromatic heterocycles. The van der Waals surface area contributed by atoms with Gasteiger partial charge in [0.05, 0.1) is 0 Å². The molecular weight excluding hydrogens is 308 g/mol. The molecule has 25 heavy (non-hydrogen) atoms. The predicted octanol–water partition coefficient (Wildman–Crippen LogP) is 5.17. The summed E-state index contributed by atoms with van der Waals surface area (Å²) in [5, 5.41) is 14.5. The highest BCUT2D eigenvalue weighted by atomic mass is 16.3. The zero-order chi connectivity index (χ0) is 17.9. The zero-order valence-electron chi connectivity index (χ0n) is 15.7. The van der Waals surface area contributed by atoms with E-state index >= 15 is 0 Å². The number of phenolic OH excluding ortho intramolecular Hbond substituents is 1. The normalized spacial score (nSPS) is 16.1. The highest BCUT2D eigenvalue weighted by Crippen LogP contribution is 2.37. The Morgan fingerprint density at radius 1 is 1.04 bits per heavy atom. The van der Waals surface area contributed by atoms with Gasteiger partial charge >= 0.3 is 0 Å². The van der Waals surface area contributed by atoms with Gasteiger partial charge in [-0.2, -0.15) is 0 Å². The van der Waals surface area contributed by atoms with Crippen LogP contribution in [0.5, 0.6) is 5.75 Å². The van der Waals surface area contributed by atoms with E-state index in [0.717, 1.165) is 28.8 Å². The molecule has 0 saturated heterocycles. The minimum atomic E-state index is -0.104. The molecule has 3 nitrogen and oxygen atoms in total. The second-order valence-corrected chi connectivity index (χ2v) is 8.23. The van der Waals surface area contributed by atoms with E-state index in [9.17, 15) is 5.11 Å². The largest absolute Gasteiger partial charge is 0.507 e. The van der Waals surface area contributed by atoms with Crippen LogP contribution in [0.1, 0.15) is 64.0 Å². The molecule has 0 atom stereocenters. The molecule has 1 aromatic carbocycles. The lowest BCUT2D eigenvalue weighted by molar-refractivity contribution is 0.367. The van der Waals surface area contributed by atoms with E-state index in [0.29, 0.717) is 11.8 Å². The lowest BCUT2D eigenvalue weighted by Gasteiger charge is -2.26. The Labute approximate surface area is 151 Å². The first kappa shape index (κ1) is 17.9. The van der Waals surface area contributed by atoms with Gasteiger partial charge < -0.3 is 10.4 Å². The van der Waals surface area contributed by atoms with E-state index in [1.165, 1.54) is 32.1 Å². The first-order chi connectivity index (χ1) is 11.9. The summed E-state index contributed by atoms with van der Waals surface area (Å²) in [6.45, 7) is 7.17. The van der Waals surface area contributed by atoms with Gasteiger partial charge in [-0.05, 0) is 53.6 Å². The minimum absolute atomic E-state index is 0.104. The fourth-order valence-corrected chi connectivity index (χ4v) is 3.67. The van der Waals surface area contributed by atoms with Crippen molar-refractivity contribution < 1.29 is 5.11 Å². The number of hydrogen-bond acceptors (Lipinski definition) is 3. The molecule has 3 rings (SSSR count). The van der Waals surface area contributed by atoms with Gasteiger partial charge in [0.25, 0.3) is 0 Å². The summed E-state index contributed by atoms with van der Waals surface area (Å²) in [5.74, 6) is 0.439. The predicted molar refractivity (Wildman–Crippen MR) is 104 cm³/mol. The first-order valence-electron chi connectivity index (χ1n) is 9.45. The Morgan fingerprint density at radius 3 is 2.36 bits per heavy atom. The van der Waals surface area contributed by atoms with Crippen LogP contribution in [0.2, 0.25) is 0 Å². The quantitative estimate of drug-likeness (QED) is 0.808. The molecule has 3 heteroatoms. The maximum Gasteiger partial charge on any atom is 0.123 e. The van der Waals surface area contributed by atoms with Crippen molar-refractivity contribution in [1.29, 1.82) is 0 Å². The Balaban J connectivity index is 1.92. The van der Waals surface area contributed by atoms with Crippen LogP contribution in [-0.2, 0) is 12.0 Å². The van der Waals surface area contributed by atoms with Gasteiger partial charge in [-0.3, -0.25) is 4.98 Å². The third-order valence-corrected chi connectivity index (χ3v) is 5.20. The van der Waals surface area contributed by atoms with Crippen molar-refractivity contribution in [1.82, 2.24) is 10.3 Å². The summed E-state index contributed by atoms with van der Waals surface area (Å²) >= 11 is 0. The number of nitrogens with one attached hydrogen (secondary N) is 1. The topological polar surface area (TPSA) is 45.2 Å². The number of phenols is 1. The van der Waals surface area contributed by atoms with Crippen molar-refractivity contribution >= 4 is 0 Å². The SMILES string of the molecule is CC(C)(C)c1cc(-c2ccncc2)cc(CNC2CCCCC2)c1O.